The number of allylic oxidation sites excluding steroid dienone is 2. The predicted molar refractivity (Wildman–Crippen MR) is 74.3 cm³/mol. The number of rotatable bonds is 6. The monoisotopic (exact) mass is 245 g/mol. The van der Waals surface area contributed by atoms with Gasteiger partial charge in [-0.2, -0.15) is 5.10 Å². The van der Waals surface area contributed by atoms with Crippen LogP contribution in [0.3, 0.4) is 0 Å². The molecule has 1 rings (SSSR count). The van der Waals surface area contributed by atoms with Gasteiger partial charge in [0.05, 0.1) is 0 Å². The van der Waals surface area contributed by atoms with Crippen molar-refractivity contribution in [2.75, 3.05) is 0 Å². The van der Waals surface area contributed by atoms with Crippen molar-refractivity contribution in [2.45, 2.75) is 26.2 Å². The van der Waals surface area contributed by atoms with Crippen LogP contribution in [0.15, 0.2) is 47.6 Å². The van der Waals surface area contributed by atoms with Gasteiger partial charge in [-0.15, -0.1) is 0 Å². The number of hydrogen-bond acceptors (Lipinski definition) is 2. The van der Waals surface area contributed by atoms with Crippen molar-refractivity contribution < 1.29 is 4.79 Å². The maximum absolute atomic E-state index is 10.5. The molecule has 0 aliphatic heterocycles. The van der Waals surface area contributed by atoms with Gasteiger partial charge in [0.1, 0.15) is 0 Å². The number of primary amides is 1. The number of nitrogens with one attached hydrogen (secondary N) is 1. The van der Waals surface area contributed by atoms with Gasteiger partial charge in [0.25, 0.3) is 0 Å². The van der Waals surface area contributed by atoms with E-state index in [2.05, 4.69) is 34.8 Å². The molecule has 0 spiro atoms. The summed E-state index contributed by atoms with van der Waals surface area (Å²) in [4.78, 5) is 10.5. The number of nitrogens with zero attached hydrogens (tertiary/aromatic N) is 1. The van der Waals surface area contributed by atoms with Crippen LogP contribution in [0, 0.1) is 0 Å². The fourth-order valence-electron chi connectivity index (χ4n) is 1.46. The minimum atomic E-state index is -0.630. The van der Waals surface area contributed by atoms with E-state index in [9.17, 15) is 4.79 Å². The van der Waals surface area contributed by atoms with E-state index in [0.717, 1.165) is 25.0 Å². The lowest BCUT2D eigenvalue weighted by molar-refractivity contribution is 0.249. The Balaban J connectivity index is 2.38. The third-order valence-corrected chi connectivity index (χ3v) is 2.45. The average molecular weight is 245 g/mol. The van der Waals surface area contributed by atoms with Crippen LogP contribution in [0.1, 0.15) is 25.3 Å². The van der Waals surface area contributed by atoms with Gasteiger partial charge >= 0.3 is 6.03 Å². The van der Waals surface area contributed by atoms with Crippen molar-refractivity contribution in [3.8, 4) is 0 Å². The summed E-state index contributed by atoms with van der Waals surface area (Å²) in [5.74, 6) is 0. The van der Waals surface area contributed by atoms with E-state index < -0.39 is 6.03 Å². The second-order valence-electron chi connectivity index (χ2n) is 3.87. The highest BCUT2D eigenvalue weighted by atomic mass is 16.2. The molecule has 0 radical (unpaired) electrons. The molecule has 18 heavy (non-hydrogen) atoms. The molecule has 96 valence electrons. The minimum Gasteiger partial charge on any atom is -0.350 e. The zero-order valence-electron chi connectivity index (χ0n) is 10.6. The molecular weight excluding hydrogens is 226 g/mol. The predicted octanol–water partition coefficient (Wildman–Crippen LogP) is 2.61. The fraction of sp³-hybridized carbons (Fsp3) is 0.286. The summed E-state index contributed by atoms with van der Waals surface area (Å²) in [6.45, 7) is 1.99. The number of carbonyl (C=O) groups excluding carboxylic acids is 1. The molecule has 3 N–H and O–H groups in total. The fourth-order valence-corrected chi connectivity index (χ4v) is 1.46. The van der Waals surface area contributed by atoms with Crippen LogP contribution in [0.2, 0.25) is 0 Å². The Bertz CT molecular complexity index is 424. The lowest BCUT2D eigenvalue weighted by Gasteiger charge is -2.00. The average Bonchev–Trinajstić information content (AvgIpc) is 2.39. The first kappa shape index (κ1) is 14.0. The highest BCUT2D eigenvalue weighted by molar-refractivity contribution is 5.86. The van der Waals surface area contributed by atoms with E-state index in [-0.39, 0.29) is 0 Å². The van der Waals surface area contributed by atoms with Crippen LogP contribution in [-0.2, 0) is 6.42 Å². The Kier molecular flexibility index (Phi) is 6.25. The molecule has 1 aromatic rings. The van der Waals surface area contributed by atoms with Crippen LogP contribution in [0.25, 0.3) is 0 Å². The molecule has 0 aliphatic rings. The van der Waals surface area contributed by atoms with Gasteiger partial charge in [-0.1, -0.05) is 49.4 Å². The molecule has 0 heterocycles. The summed E-state index contributed by atoms with van der Waals surface area (Å²) in [5, 5.41) is 3.93. The Morgan fingerprint density at radius 1 is 1.33 bits per heavy atom. The number of amides is 2. The Hall–Kier alpha value is -2.10. The van der Waals surface area contributed by atoms with E-state index >= 15 is 0 Å². The largest absolute Gasteiger partial charge is 0.350 e. The molecule has 0 saturated heterocycles. The molecule has 0 unspecified atom stereocenters. The quantitative estimate of drug-likeness (QED) is 0.451. The van der Waals surface area contributed by atoms with Crippen LogP contribution in [0.5, 0.6) is 0 Å². The standard InChI is InChI=1S/C14H19N3O/c1-2-13(16-17-14(15)18)11-7-6-10-12-8-4-3-5-9-12/h3-9H,2,10-11H2,1H3,(H3,15,17,18)/b7-6+,16-13?. The maximum atomic E-state index is 10.5. The lowest BCUT2D eigenvalue weighted by Crippen LogP contribution is -2.25. The number of urea groups is 1. The normalized spacial score (nSPS) is 11.7. The zero-order chi connectivity index (χ0) is 13.2. The van der Waals surface area contributed by atoms with E-state index in [1.165, 1.54) is 5.56 Å². The Morgan fingerprint density at radius 2 is 2.06 bits per heavy atom. The van der Waals surface area contributed by atoms with E-state index in [4.69, 9.17) is 5.73 Å². The molecule has 0 aromatic heterocycles. The summed E-state index contributed by atoms with van der Waals surface area (Å²) in [6.07, 6.45) is 6.57. The van der Waals surface area contributed by atoms with Gasteiger partial charge in [-0.3, -0.25) is 0 Å². The van der Waals surface area contributed by atoms with Crippen LogP contribution in [-0.4, -0.2) is 11.7 Å². The van der Waals surface area contributed by atoms with Gasteiger partial charge in [0, 0.05) is 12.1 Å². The van der Waals surface area contributed by atoms with Crippen molar-refractivity contribution >= 4 is 11.7 Å². The van der Waals surface area contributed by atoms with E-state index in [0.29, 0.717) is 0 Å². The summed E-state index contributed by atoms with van der Waals surface area (Å²) in [7, 11) is 0. The summed E-state index contributed by atoms with van der Waals surface area (Å²) in [5.41, 5.74) is 9.38. The molecular formula is C14H19N3O. The van der Waals surface area contributed by atoms with Gasteiger partial charge < -0.3 is 5.73 Å². The van der Waals surface area contributed by atoms with Crippen LogP contribution < -0.4 is 11.2 Å². The summed E-state index contributed by atoms with van der Waals surface area (Å²) < 4.78 is 0. The topological polar surface area (TPSA) is 67.5 Å². The second kappa shape index (κ2) is 8.06. The Labute approximate surface area is 108 Å². The highest BCUT2D eigenvalue weighted by Gasteiger charge is 1.94. The second-order valence-corrected chi connectivity index (χ2v) is 3.87. The Morgan fingerprint density at radius 3 is 2.67 bits per heavy atom. The van der Waals surface area contributed by atoms with Crippen molar-refractivity contribution in [1.29, 1.82) is 0 Å². The number of nitrogens with two attached hydrogens (primary N) is 1. The molecule has 4 nitrogen and oxygen atoms in total. The summed E-state index contributed by atoms with van der Waals surface area (Å²) >= 11 is 0. The van der Waals surface area contributed by atoms with Gasteiger partial charge in [-0.05, 0) is 18.4 Å². The first-order valence-electron chi connectivity index (χ1n) is 6.02. The molecule has 0 bridgehead atoms. The maximum Gasteiger partial charge on any atom is 0.332 e. The van der Waals surface area contributed by atoms with Gasteiger partial charge in [0.2, 0.25) is 0 Å². The van der Waals surface area contributed by atoms with Gasteiger partial charge in [-0.25, -0.2) is 10.2 Å². The minimum absolute atomic E-state index is 0.630. The first-order valence-corrected chi connectivity index (χ1v) is 6.02. The zero-order valence-corrected chi connectivity index (χ0v) is 10.6. The molecule has 0 saturated carbocycles. The highest BCUT2D eigenvalue weighted by Crippen LogP contribution is 2.01. The SMILES string of the molecule is CCC(C/C=C/Cc1ccccc1)=NNC(N)=O. The van der Waals surface area contributed by atoms with Gasteiger partial charge in [0.15, 0.2) is 0 Å². The molecule has 1 aromatic carbocycles. The molecule has 0 fully saturated rings. The van der Waals surface area contributed by atoms with E-state index in [1.807, 2.05) is 25.1 Å². The van der Waals surface area contributed by atoms with Crippen LogP contribution >= 0.6 is 0 Å². The van der Waals surface area contributed by atoms with Crippen molar-refractivity contribution in [3.63, 3.8) is 0 Å². The number of hydrazone groups is 1. The van der Waals surface area contributed by atoms with Crippen molar-refractivity contribution in [2.24, 2.45) is 10.8 Å². The number of benzene rings is 1. The smallest absolute Gasteiger partial charge is 0.332 e. The van der Waals surface area contributed by atoms with Crippen LogP contribution in [0.4, 0.5) is 4.79 Å². The third-order valence-electron chi connectivity index (χ3n) is 2.45. The first-order chi connectivity index (χ1) is 8.72. The number of carbonyl (C=O) groups is 1. The summed E-state index contributed by atoms with van der Waals surface area (Å²) in [6, 6.07) is 9.61. The lowest BCUT2D eigenvalue weighted by atomic mass is 10.1. The number of hydrogen-bond donors (Lipinski definition) is 2. The molecule has 2 amide bonds. The van der Waals surface area contributed by atoms with E-state index in [1.54, 1.807) is 0 Å². The third kappa shape index (κ3) is 5.84. The van der Waals surface area contributed by atoms with Crippen molar-refractivity contribution in [3.05, 3.63) is 48.0 Å². The molecule has 0 atom stereocenters. The molecule has 4 heteroatoms. The van der Waals surface area contributed by atoms with Crippen molar-refractivity contribution in [1.82, 2.24) is 5.43 Å². The molecule has 0 aliphatic carbocycles.